The smallest absolute Gasteiger partial charge is 0.240 e. The van der Waals surface area contributed by atoms with Gasteiger partial charge in [0.05, 0.1) is 6.54 Å². The normalized spacial score (nSPS) is 17.5. The van der Waals surface area contributed by atoms with Crippen molar-refractivity contribution in [3.05, 3.63) is 35.2 Å². The third-order valence-electron chi connectivity index (χ3n) is 4.01. The third kappa shape index (κ3) is 3.47. The van der Waals surface area contributed by atoms with E-state index in [2.05, 4.69) is 15.5 Å². The highest BCUT2D eigenvalue weighted by Gasteiger charge is 2.31. The van der Waals surface area contributed by atoms with Crippen molar-refractivity contribution in [1.29, 1.82) is 0 Å². The van der Waals surface area contributed by atoms with E-state index in [0.29, 0.717) is 29.8 Å². The molecule has 0 atom stereocenters. The largest absolute Gasteiger partial charge is 0.381 e. The maximum atomic E-state index is 5.98. The molecule has 1 aromatic carbocycles. The molecule has 1 aromatic heterocycles. The molecule has 0 unspecified atom stereocenters. The van der Waals surface area contributed by atoms with Crippen LogP contribution in [0.15, 0.2) is 28.8 Å². The number of hydrogen-bond donors (Lipinski definition) is 2. The van der Waals surface area contributed by atoms with Crippen LogP contribution in [-0.2, 0) is 11.3 Å². The summed E-state index contributed by atoms with van der Waals surface area (Å²) >= 11 is 5.98. The van der Waals surface area contributed by atoms with Crippen molar-refractivity contribution < 1.29 is 9.26 Å². The maximum Gasteiger partial charge on any atom is 0.240 e. The van der Waals surface area contributed by atoms with Crippen molar-refractivity contribution in [3.63, 3.8) is 0 Å². The van der Waals surface area contributed by atoms with E-state index in [-0.39, 0.29) is 5.54 Å². The second-order valence-corrected chi connectivity index (χ2v) is 5.91. The van der Waals surface area contributed by atoms with E-state index in [1.54, 1.807) is 0 Å². The van der Waals surface area contributed by atoms with Gasteiger partial charge in [-0.05, 0) is 25.0 Å². The van der Waals surface area contributed by atoms with E-state index in [9.17, 15) is 0 Å². The zero-order chi connectivity index (χ0) is 15.4. The van der Waals surface area contributed by atoms with E-state index in [1.165, 1.54) is 0 Å². The maximum absolute atomic E-state index is 5.98. The molecular weight excluding hydrogens is 304 g/mol. The van der Waals surface area contributed by atoms with Gasteiger partial charge in [-0.1, -0.05) is 28.9 Å². The van der Waals surface area contributed by atoms with E-state index < -0.39 is 0 Å². The first-order chi connectivity index (χ1) is 10.7. The summed E-state index contributed by atoms with van der Waals surface area (Å²) in [5.41, 5.74) is 6.64. The van der Waals surface area contributed by atoms with Crippen LogP contribution in [0.5, 0.6) is 0 Å². The lowest BCUT2D eigenvalue weighted by Crippen LogP contribution is -2.54. The van der Waals surface area contributed by atoms with E-state index in [4.69, 9.17) is 26.6 Å². The molecule has 3 rings (SSSR count). The summed E-state index contributed by atoms with van der Waals surface area (Å²) in [7, 11) is 0. The lowest BCUT2D eigenvalue weighted by atomic mass is 9.90. The Morgan fingerprint density at radius 1 is 1.32 bits per heavy atom. The zero-order valence-corrected chi connectivity index (χ0v) is 13.0. The van der Waals surface area contributed by atoms with E-state index >= 15 is 0 Å². The van der Waals surface area contributed by atoms with Crippen molar-refractivity contribution in [1.82, 2.24) is 15.5 Å². The number of benzene rings is 1. The Bertz CT molecular complexity index is 626. The van der Waals surface area contributed by atoms with Crippen LogP contribution in [0.3, 0.4) is 0 Å². The molecule has 0 radical (unpaired) electrons. The van der Waals surface area contributed by atoms with Gasteiger partial charge in [0.25, 0.3) is 0 Å². The van der Waals surface area contributed by atoms with Crippen LogP contribution in [0.4, 0.5) is 0 Å². The van der Waals surface area contributed by atoms with Crippen LogP contribution in [0.2, 0.25) is 5.02 Å². The summed E-state index contributed by atoms with van der Waals surface area (Å²) in [6.45, 7) is 2.50. The molecule has 2 heterocycles. The summed E-state index contributed by atoms with van der Waals surface area (Å²) < 4.78 is 10.7. The molecule has 1 saturated heterocycles. The summed E-state index contributed by atoms with van der Waals surface area (Å²) in [6, 6.07) is 7.37. The Kier molecular flexibility index (Phi) is 4.73. The number of halogens is 1. The summed E-state index contributed by atoms with van der Waals surface area (Å²) in [4.78, 5) is 4.40. The minimum absolute atomic E-state index is 0.108. The Hall–Kier alpha value is -1.47. The molecule has 118 valence electrons. The number of rotatable bonds is 5. The average Bonchev–Trinajstić information content (AvgIpc) is 3.03. The summed E-state index contributed by atoms with van der Waals surface area (Å²) in [5.74, 6) is 1.07. The van der Waals surface area contributed by atoms with Gasteiger partial charge in [0.15, 0.2) is 0 Å². The Labute approximate surface area is 134 Å². The molecule has 0 amide bonds. The first kappa shape index (κ1) is 15.4. The molecule has 0 spiro atoms. The Morgan fingerprint density at radius 3 is 2.86 bits per heavy atom. The van der Waals surface area contributed by atoms with Gasteiger partial charge in [-0.2, -0.15) is 4.98 Å². The standard InChI is InChI=1S/C15H19ClN4O2/c16-12-3-1-2-11(8-12)14-19-13(22-20-14)9-18-15(10-17)4-6-21-7-5-15/h1-3,8,18H,4-7,9-10,17H2. The van der Waals surface area contributed by atoms with Crippen molar-refractivity contribution in [3.8, 4) is 11.4 Å². The lowest BCUT2D eigenvalue weighted by Gasteiger charge is -2.36. The first-order valence-electron chi connectivity index (χ1n) is 7.32. The van der Waals surface area contributed by atoms with Crippen LogP contribution < -0.4 is 11.1 Å². The molecule has 3 N–H and O–H groups in total. The molecule has 0 aliphatic carbocycles. The Morgan fingerprint density at radius 2 is 2.14 bits per heavy atom. The fraction of sp³-hybridized carbons (Fsp3) is 0.467. The molecule has 0 saturated carbocycles. The minimum atomic E-state index is -0.108. The molecular formula is C15H19ClN4O2. The van der Waals surface area contributed by atoms with Gasteiger partial charge in [-0.15, -0.1) is 0 Å². The van der Waals surface area contributed by atoms with Gasteiger partial charge in [-0.25, -0.2) is 0 Å². The minimum Gasteiger partial charge on any atom is -0.381 e. The van der Waals surface area contributed by atoms with E-state index in [0.717, 1.165) is 31.6 Å². The number of nitrogens with two attached hydrogens (primary N) is 1. The van der Waals surface area contributed by atoms with Crippen LogP contribution >= 0.6 is 11.6 Å². The molecule has 1 aliphatic heterocycles. The second kappa shape index (κ2) is 6.75. The van der Waals surface area contributed by atoms with Gasteiger partial charge in [0.2, 0.25) is 11.7 Å². The number of hydrogen-bond acceptors (Lipinski definition) is 6. The van der Waals surface area contributed by atoms with Gasteiger partial charge in [0, 0.05) is 35.9 Å². The second-order valence-electron chi connectivity index (χ2n) is 5.47. The lowest BCUT2D eigenvalue weighted by molar-refractivity contribution is 0.0396. The SMILES string of the molecule is NCC1(NCc2nc(-c3cccc(Cl)c3)no2)CCOCC1. The van der Waals surface area contributed by atoms with Crippen LogP contribution in [0, 0.1) is 0 Å². The first-order valence-corrected chi connectivity index (χ1v) is 7.70. The highest BCUT2D eigenvalue weighted by Crippen LogP contribution is 2.22. The fourth-order valence-electron chi connectivity index (χ4n) is 2.55. The van der Waals surface area contributed by atoms with Crippen LogP contribution in [0.25, 0.3) is 11.4 Å². The number of aromatic nitrogens is 2. The summed E-state index contributed by atoms with van der Waals surface area (Å²) in [6.07, 6.45) is 1.78. The van der Waals surface area contributed by atoms with Crippen molar-refractivity contribution in [2.24, 2.45) is 5.73 Å². The van der Waals surface area contributed by atoms with Gasteiger partial charge in [-0.3, -0.25) is 0 Å². The van der Waals surface area contributed by atoms with Crippen LogP contribution in [-0.4, -0.2) is 35.4 Å². The molecule has 22 heavy (non-hydrogen) atoms. The highest BCUT2D eigenvalue weighted by atomic mass is 35.5. The average molecular weight is 323 g/mol. The molecule has 1 fully saturated rings. The van der Waals surface area contributed by atoms with E-state index in [1.807, 2.05) is 24.3 Å². The van der Waals surface area contributed by atoms with Gasteiger partial charge >= 0.3 is 0 Å². The third-order valence-corrected chi connectivity index (χ3v) is 4.24. The number of ether oxygens (including phenoxy) is 1. The molecule has 1 aliphatic rings. The monoisotopic (exact) mass is 322 g/mol. The molecule has 6 nitrogen and oxygen atoms in total. The predicted octanol–water partition coefficient (Wildman–Crippen LogP) is 1.99. The van der Waals surface area contributed by atoms with Gasteiger partial charge in [0.1, 0.15) is 0 Å². The topological polar surface area (TPSA) is 86.2 Å². The van der Waals surface area contributed by atoms with Gasteiger partial charge < -0.3 is 20.3 Å². The number of nitrogens with one attached hydrogen (secondary N) is 1. The highest BCUT2D eigenvalue weighted by molar-refractivity contribution is 6.30. The van der Waals surface area contributed by atoms with Crippen molar-refractivity contribution in [2.75, 3.05) is 19.8 Å². The fourth-order valence-corrected chi connectivity index (χ4v) is 2.74. The Balaban J connectivity index is 1.67. The predicted molar refractivity (Wildman–Crippen MR) is 83.4 cm³/mol. The van der Waals surface area contributed by atoms with Crippen molar-refractivity contribution >= 4 is 11.6 Å². The zero-order valence-electron chi connectivity index (χ0n) is 12.2. The molecule has 7 heteroatoms. The van der Waals surface area contributed by atoms with Crippen LogP contribution in [0.1, 0.15) is 18.7 Å². The molecule has 2 aromatic rings. The number of nitrogens with zero attached hydrogens (tertiary/aromatic N) is 2. The van der Waals surface area contributed by atoms with Crippen molar-refractivity contribution in [2.45, 2.75) is 24.9 Å². The molecule has 0 bridgehead atoms. The quantitative estimate of drug-likeness (QED) is 0.875. The summed E-state index contributed by atoms with van der Waals surface area (Å²) in [5, 5.41) is 8.09.